The Morgan fingerprint density at radius 2 is 2.25 bits per heavy atom. The van der Waals surface area contributed by atoms with E-state index in [9.17, 15) is 0 Å². The van der Waals surface area contributed by atoms with Crippen molar-refractivity contribution in [3.05, 3.63) is 9.79 Å². The van der Waals surface area contributed by atoms with Crippen molar-refractivity contribution in [2.45, 2.75) is 6.92 Å². The molecule has 0 atom stereocenters. The van der Waals surface area contributed by atoms with Gasteiger partial charge in [-0.25, -0.2) is 0 Å². The summed E-state index contributed by atoms with van der Waals surface area (Å²) in [6, 6.07) is 0. The molecule has 0 fully saturated rings. The minimum atomic E-state index is -0.0101. The molecule has 0 bridgehead atoms. The van der Waals surface area contributed by atoms with E-state index in [4.69, 9.17) is 4.42 Å². The molecule has 0 saturated heterocycles. The summed E-state index contributed by atoms with van der Waals surface area (Å²) in [6.45, 7) is 1.80. The van der Waals surface area contributed by atoms with Gasteiger partial charge in [-0.2, -0.15) is 0 Å². The zero-order valence-corrected chi connectivity index (χ0v) is 6.84. The van der Waals surface area contributed by atoms with Crippen molar-refractivity contribution in [2.75, 3.05) is 4.93 Å². The molecule has 0 radical (unpaired) electrons. The van der Waals surface area contributed by atoms with E-state index in [2.05, 4.69) is 15.1 Å². The summed E-state index contributed by atoms with van der Waals surface area (Å²) < 4.78 is 5.88. The van der Waals surface area contributed by atoms with E-state index in [0.29, 0.717) is 5.89 Å². The Hall–Kier alpha value is -0.130. The van der Waals surface area contributed by atoms with E-state index < -0.39 is 0 Å². The number of aromatic nitrogens is 2. The van der Waals surface area contributed by atoms with E-state index in [1.807, 2.05) is 0 Å². The van der Waals surface area contributed by atoms with Crippen LogP contribution in [0.1, 0.15) is 5.89 Å². The maximum absolute atomic E-state index is 5.06. The van der Waals surface area contributed by atoms with Gasteiger partial charge in [0.2, 0.25) is 0 Å². The van der Waals surface area contributed by atoms with Crippen molar-refractivity contribution in [3.63, 3.8) is 0 Å². The normalized spacial score (nSPS) is 10.2. The Kier molecular flexibility index (Phi) is 1.82. The van der Waals surface area contributed by atoms with Gasteiger partial charge in [-0.1, -0.05) is 0 Å². The topological polar surface area (TPSA) is 38.9 Å². The quantitative estimate of drug-likeness (QED) is 0.384. The molecular weight excluding hydrogens is 219 g/mol. The number of nitrogens with zero attached hydrogens (tertiary/aromatic N) is 2. The molecule has 1 aromatic heterocycles. The first-order chi connectivity index (χ1) is 3.83. The molecule has 1 heterocycles. The number of halogens is 1. The van der Waals surface area contributed by atoms with Gasteiger partial charge < -0.3 is 0 Å². The molecule has 3 nitrogen and oxygen atoms in total. The molecule has 0 saturated carbocycles. The number of alkyl halides is 1. The van der Waals surface area contributed by atoms with Crippen LogP contribution in [-0.4, -0.2) is 15.1 Å². The zero-order chi connectivity index (χ0) is 5.98. The molecule has 0 aromatic carbocycles. The van der Waals surface area contributed by atoms with Gasteiger partial charge in [-0.3, -0.25) is 0 Å². The third-order valence-corrected chi connectivity index (χ3v) is 2.02. The molecule has 46 valence electrons. The van der Waals surface area contributed by atoms with Crippen LogP contribution in [0, 0.1) is 10.8 Å². The van der Waals surface area contributed by atoms with Crippen molar-refractivity contribution in [3.8, 4) is 0 Å². The Morgan fingerprint density at radius 1 is 1.50 bits per heavy atom. The molecule has 0 aliphatic rings. The summed E-state index contributed by atoms with van der Waals surface area (Å²) in [6.07, 6.45) is 0. The van der Waals surface area contributed by atoms with Crippen LogP contribution in [0.5, 0.6) is 0 Å². The Labute approximate surface area is 57.7 Å². The Balaban J connectivity index is 2.84. The van der Waals surface area contributed by atoms with Crippen LogP contribution in [0.4, 0.5) is 0 Å². The second kappa shape index (κ2) is 2.43. The van der Waals surface area contributed by atoms with Gasteiger partial charge in [-0.15, -0.1) is 0 Å². The van der Waals surface area contributed by atoms with Gasteiger partial charge >= 0.3 is 57.5 Å². The van der Waals surface area contributed by atoms with Crippen LogP contribution in [0.15, 0.2) is 4.42 Å². The first-order valence-electron chi connectivity index (χ1n) is 2.12. The number of aryl methyl sites for hydroxylation is 1. The van der Waals surface area contributed by atoms with Gasteiger partial charge in [0.1, 0.15) is 0 Å². The molecular formula is C4H6IN2O-. The van der Waals surface area contributed by atoms with Crippen molar-refractivity contribution in [1.29, 1.82) is 0 Å². The van der Waals surface area contributed by atoms with Crippen LogP contribution in [0.3, 0.4) is 0 Å². The Morgan fingerprint density at radius 3 is 2.50 bits per heavy atom. The molecule has 4 heteroatoms. The molecule has 1 aromatic rings. The number of hydrogen-bond donors (Lipinski definition) is 0. The number of rotatable bonds is 1. The predicted octanol–water partition coefficient (Wildman–Crippen LogP) is -2.73. The minimum absolute atomic E-state index is 0.0101. The summed E-state index contributed by atoms with van der Waals surface area (Å²) in [5.74, 6) is 0.668. The average Bonchev–Trinajstić information content (AvgIpc) is 2.14. The van der Waals surface area contributed by atoms with Gasteiger partial charge in [0.25, 0.3) is 0 Å². The second-order valence-corrected chi connectivity index (χ2v) is 3.26. The third kappa shape index (κ3) is 1.18. The first-order valence-corrected chi connectivity index (χ1v) is 5.36. The second-order valence-electron chi connectivity index (χ2n) is 1.26. The molecule has 0 unspecified atom stereocenters. The van der Waals surface area contributed by atoms with Crippen LogP contribution in [-0.2, 0) is 0 Å². The Bertz CT molecular complexity index is 174. The molecule has 1 rings (SSSR count). The fraction of sp³-hybridized carbons (Fsp3) is 0.500. The molecule has 0 aliphatic carbocycles. The van der Waals surface area contributed by atoms with E-state index >= 15 is 0 Å². The monoisotopic (exact) mass is 225 g/mol. The zero-order valence-electron chi connectivity index (χ0n) is 4.68. The van der Waals surface area contributed by atoms with Crippen molar-refractivity contribution < 1.29 is 25.6 Å². The van der Waals surface area contributed by atoms with Crippen LogP contribution < -0.4 is 21.2 Å². The summed E-state index contributed by atoms with van der Waals surface area (Å²) >= 11 is -0.0101. The van der Waals surface area contributed by atoms with E-state index in [1.165, 1.54) is 0 Å². The van der Waals surface area contributed by atoms with Gasteiger partial charge in [0.15, 0.2) is 0 Å². The van der Waals surface area contributed by atoms with Crippen LogP contribution in [0.25, 0.3) is 0 Å². The predicted molar refractivity (Wildman–Crippen MR) is 23.7 cm³/mol. The van der Waals surface area contributed by atoms with Gasteiger partial charge in [0, 0.05) is 0 Å². The third-order valence-electron chi connectivity index (χ3n) is 0.663. The van der Waals surface area contributed by atoms with Crippen LogP contribution >= 0.6 is 0 Å². The van der Waals surface area contributed by atoms with Crippen molar-refractivity contribution in [1.82, 2.24) is 10.2 Å². The van der Waals surface area contributed by atoms with Crippen molar-refractivity contribution >= 4 is 0 Å². The fourth-order valence-electron chi connectivity index (χ4n) is 0.349. The molecule has 0 spiro atoms. The number of hydrogen-bond acceptors (Lipinski definition) is 3. The molecule has 0 aliphatic heterocycles. The SMILES string of the molecule is C[I-]c1nnc(C)o1. The summed E-state index contributed by atoms with van der Waals surface area (Å²) in [5, 5.41) is 7.46. The maximum atomic E-state index is 5.06. The van der Waals surface area contributed by atoms with Gasteiger partial charge in [0.05, 0.1) is 0 Å². The molecule has 0 N–H and O–H groups in total. The summed E-state index contributed by atoms with van der Waals surface area (Å²) in [4.78, 5) is 2.09. The molecule has 0 amide bonds. The summed E-state index contributed by atoms with van der Waals surface area (Å²) in [5.41, 5.74) is 0. The standard InChI is InChI=1S/C4H6IN2O/c1-3-6-7-4(5-2)8-3/h1-2H3/q-1. The molecule has 8 heavy (non-hydrogen) atoms. The van der Waals surface area contributed by atoms with Gasteiger partial charge in [-0.05, 0) is 0 Å². The summed E-state index contributed by atoms with van der Waals surface area (Å²) in [7, 11) is 0. The van der Waals surface area contributed by atoms with E-state index in [-0.39, 0.29) is 21.2 Å². The first kappa shape index (κ1) is 6.00. The van der Waals surface area contributed by atoms with Crippen molar-refractivity contribution in [2.24, 2.45) is 0 Å². The average molecular weight is 225 g/mol. The van der Waals surface area contributed by atoms with Crippen LogP contribution in [0.2, 0.25) is 0 Å². The van der Waals surface area contributed by atoms with E-state index in [0.717, 1.165) is 3.90 Å². The fourth-order valence-corrected chi connectivity index (χ4v) is 1.21. The van der Waals surface area contributed by atoms with E-state index in [1.54, 1.807) is 6.92 Å².